The first-order valence-corrected chi connectivity index (χ1v) is 11.3. The van der Waals surface area contributed by atoms with Crippen molar-refractivity contribution in [2.75, 3.05) is 31.6 Å². The van der Waals surface area contributed by atoms with E-state index in [1.807, 2.05) is 0 Å². The van der Waals surface area contributed by atoms with Crippen LogP contribution in [0.1, 0.15) is 23.2 Å². The monoisotopic (exact) mass is 464 g/mol. The molecule has 0 spiro atoms. The van der Waals surface area contributed by atoms with Crippen molar-refractivity contribution in [3.05, 3.63) is 48.0 Å². The third-order valence-corrected chi connectivity index (χ3v) is 6.10. The Morgan fingerprint density at radius 2 is 2.00 bits per heavy atom. The Morgan fingerprint density at radius 1 is 1.22 bits per heavy atom. The van der Waals surface area contributed by atoms with Crippen molar-refractivity contribution in [2.45, 2.75) is 23.8 Å². The first-order chi connectivity index (χ1) is 15.3. The third-order valence-electron chi connectivity index (χ3n) is 4.73. The number of hydrogen-bond donors (Lipinski definition) is 3. The summed E-state index contributed by atoms with van der Waals surface area (Å²) in [5.41, 5.74) is -0.185. The molecule has 0 aromatic heterocycles. The maximum atomic E-state index is 12.8. The number of ether oxygens (including phenoxy) is 3. The standard InChI is InChI=1S/C21H24N2O8S/c1-29-19-7-3-2-6-17(19)23-32(27,28)15-8-9-18(24)16(11-15)21(26)31-13-20(25)22-12-14-5-4-10-30-14/h2-3,6-9,11,14,23-24H,4-5,10,12-13H2,1H3,(H,22,25). The summed E-state index contributed by atoms with van der Waals surface area (Å²) >= 11 is 0. The number of phenolic OH excluding ortho intramolecular Hbond substituents is 1. The van der Waals surface area contributed by atoms with E-state index in [2.05, 4.69) is 10.0 Å². The van der Waals surface area contributed by atoms with Crippen LogP contribution in [0, 0.1) is 0 Å². The molecule has 0 bridgehead atoms. The fourth-order valence-corrected chi connectivity index (χ4v) is 4.17. The largest absolute Gasteiger partial charge is 0.507 e. The summed E-state index contributed by atoms with van der Waals surface area (Å²) in [4.78, 5) is 24.0. The van der Waals surface area contributed by atoms with Gasteiger partial charge in [-0.2, -0.15) is 0 Å². The van der Waals surface area contributed by atoms with Crippen LogP contribution in [-0.2, 0) is 24.3 Å². The van der Waals surface area contributed by atoms with Crippen molar-refractivity contribution in [2.24, 2.45) is 0 Å². The maximum absolute atomic E-state index is 12.8. The molecule has 3 N–H and O–H groups in total. The zero-order chi connectivity index (χ0) is 23.1. The minimum absolute atomic E-state index is 0.0590. The Balaban J connectivity index is 1.66. The molecule has 1 aliphatic rings. The normalized spacial score (nSPS) is 15.7. The van der Waals surface area contributed by atoms with Crippen LogP contribution < -0.4 is 14.8 Å². The molecule has 1 atom stereocenters. The predicted octanol–water partition coefficient (Wildman–Crippen LogP) is 1.65. The summed E-state index contributed by atoms with van der Waals surface area (Å²) < 4.78 is 43.3. The SMILES string of the molecule is COc1ccccc1NS(=O)(=O)c1ccc(O)c(C(=O)OCC(=O)NCC2CCCO2)c1. The molecule has 1 unspecified atom stereocenters. The van der Waals surface area contributed by atoms with Crippen molar-refractivity contribution in [3.8, 4) is 11.5 Å². The molecule has 3 rings (SSSR count). The molecule has 172 valence electrons. The van der Waals surface area contributed by atoms with Gasteiger partial charge in [-0.1, -0.05) is 12.1 Å². The quantitative estimate of drug-likeness (QED) is 0.476. The summed E-state index contributed by atoms with van der Waals surface area (Å²) in [6.07, 6.45) is 1.72. The second kappa shape index (κ2) is 10.3. The number of nitrogens with one attached hydrogen (secondary N) is 2. The second-order valence-corrected chi connectivity index (χ2v) is 8.68. The number of methoxy groups -OCH3 is 1. The molecule has 11 heteroatoms. The molecule has 32 heavy (non-hydrogen) atoms. The molecule has 0 radical (unpaired) electrons. The van der Waals surface area contributed by atoms with Gasteiger partial charge in [0.25, 0.3) is 15.9 Å². The zero-order valence-corrected chi connectivity index (χ0v) is 18.2. The molecule has 1 saturated heterocycles. The molecule has 10 nitrogen and oxygen atoms in total. The van der Waals surface area contributed by atoms with E-state index in [1.165, 1.54) is 13.2 Å². The van der Waals surface area contributed by atoms with Gasteiger partial charge in [0.2, 0.25) is 0 Å². The van der Waals surface area contributed by atoms with Crippen LogP contribution in [0.3, 0.4) is 0 Å². The minimum Gasteiger partial charge on any atom is -0.507 e. The van der Waals surface area contributed by atoms with Gasteiger partial charge in [0.05, 0.1) is 23.8 Å². The van der Waals surface area contributed by atoms with E-state index in [0.717, 1.165) is 31.0 Å². The van der Waals surface area contributed by atoms with E-state index >= 15 is 0 Å². The molecule has 2 aromatic carbocycles. The maximum Gasteiger partial charge on any atom is 0.342 e. The smallest absolute Gasteiger partial charge is 0.342 e. The Labute approximate surface area is 185 Å². The average Bonchev–Trinajstić information content (AvgIpc) is 3.30. The first-order valence-electron chi connectivity index (χ1n) is 9.84. The van der Waals surface area contributed by atoms with Crippen molar-refractivity contribution >= 4 is 27.6 Å². The number of aromatic hydroxyl groups is 1. The van der Waals surface area contributed by atoms with Crippen molar-refractivity contribution in [3.63, 3.8) is 0 Å². The number of carbonyl (C=O) groups excluding carboxylic acids is 2. The van der Waals surface area contributed by atoms with Crippen LogP contribution in [0.4, 0.5) is 5.69 Å². The molecule has 1 fully saturated rings. The second-order valence-electron chi connectivity index (χ2n) is 7.00. The first kappa shape index (κ1) is 23.4. The average molecular weight is 464 g/mol. The minimum atomic E-state index is -4.11. The molecular weight excluding hydrogens is 440 g/mol. The lowest BCUT2D eigenvalue weighted by atomic mass is 10.2. The van der Waals surface area contributed by atoms with Crippen LogP contribution in [-0.4, -0.2) is 58.4 Å². The highest BCUT2D eigenvalue weighted by atomic mass is 32.2. The van der Waals surface area contributed by atoms with Gasteiger partial charge in [0, 0.05) is 13.2 Å². The van der Waals surface area contributed by atoms with E-state index in [9.17, 15) is 23.1 Å². The van der Waals surface area contributed by atoms with Gasteiger partial charge in [-0.3, -0.25) is 9.52 Å². The summed E-state index contributed by atoms with van der Waals surface area (Å²) in [5.74, 6) is -1.74. The molecule has 1 amide bonds. The number of esters is 1. The van der Waals surface area contributed by atoms with Gasteiger partial charge in [0.1, 0.15) is 17.1 Å². The highest BCUT2D eigenvalue weighted by Gasteiger charge is 2.22. The third kappa shape index (κ3) is 5.89. The zero-order valence-electron chi connectivity index (χ0n) is 17.4. The summed E-state index contributed by atoms with van der Waals surface area (Å²) in [6.45, 7) is 0.380. The van der Waals surface area contributed by atoms with E-state index < -0.39 is 34.3 Å². The highest BCUT2D eigenvalue weighted by Crippen LogP contribution is 2.28. The van der Waals surface area contributed by atoms with Gasteiger partial charge in [0.15, 0.2) is 6.61 Å². The van der Waals surface area contributed by atoms with E-state index in [-0.39, 0.29) is 22.3 Å². The molecular formula is C21H24N2O8S. The Hall–Kier alpha value is -3.31. The number of phenols is 1. The predicted molar refractivity (Wildman–Crippen MR) is 114 cm³/mol. The van der Waals surface area contributed by atoms with E-state index in [1.54, 1.807) is 18.2 Å². The van der Waals surface area contributed by atoms with E-state index in [4.69, 9.17) is 14.2 Å². The molecule has 0 aliphatic carbocycles. The number of anilines is 1. The number of benzene rings is 2. The molecule has 1 aliphatic heterocycles. The number of rotatable bonds is 9. The number of sulfonamides is 1. The lowest BCUT2D eigenvalue weighted by Gasteiger charge is -2.13. The van der Waals surface area contributed by atoms with E-state index in [0.29, 0.717) is 18.9 Å². The van der Waals surface area contributed by atoms with Crippen LogP contribution >= 0.6 is 0 Å². The lowest BCUT2D eigenvalue weighted by molar-refractivity contribution is -0.124. The molecule has 1 heterocycles. The van der Waals surface area contributed by atoms with Gasteiger partial charge in [-0.25, -0.2) is 13.2 Å². The van der Waals surface area contributed by atoms with Crippen molar-refractivity contribution in [1.82, 2.24) is 5.32 Å². The van der Waals surface area contributed by atoms with Crippen LogP contribution in [0.25, 0.3) is 0 Å². The summed E-state index contributed by atoms with van der Waals surface area (Å²) in [5, 5.41) is 12.6. The van der Waals surface area contributed by atoms with Gasteiger partial charge in [-0.15, -0.1) is 0 Å². The van der Waals surface area contributed by atoms with Crippen LogP contribution in [0.2, 0.25) is 0 Å². The Kier molecular flexibility index (Phi) is 7.54. The van der Waals surface area contributed by atoms with Crippen molar-refractivity contribution in [1.29, 1.82) is 0 Å². The Morgan fingerprint density at radius 3 is 2.72 bits per heavy atom. The lowest BCUT2D eigenvalue weighted by Crippen LogP contribution is -2.34. The summed E-state index contributed by atoms with van der Waals surface area (Å²) in [6, 6.07) is 9.58. The number of hydrogen-bond acceptors (Lipinski definition) is 8. The number of amides is 1. The number of para-hydroxylation sites is 2. The van der Waals surface area contributed by atoms with Crippen molar-refractivity contribution < 1.29 is 37.3 Å². The molecule has 0 saturated carbocycles. The highest BCUT2D eigenvalue weighted by molar-refractivity contribution is 7.92. The topological polar surface area (TPSA) is 140 Å². The van der Waals surface area contributed by atoms with Gasteiger partial charge in [-0.05, 0) is 43.2 Å². The van der Waals surface area contributed by atoms with Crippen LogP contribution in [0.15, 0.2) is 47.4 Å². The number of carbonyl (C=O) groups is 2. The fraction of sp³-hybridized carbons (Fsp3) is 0.333. The van der Waals surface area contributed by atoms with Gasteiger partial charge >= 0.3 is 5.97 Å². The fourth-order valence-electron chi connectivity index (χ4n) is 3.07. The molecule has 2 aromatic rings. The summed E-state index contributed by atoms with van der Waals surface area (Å²) in [7, 11) is -2.71. The Bertz CT molecular complexity index is 1080. The van der Waals surface area contributed by atoms with Crippen LogP contribution in [0.5, 0.6) is 11.5 Å². The van der Waals surface area contributed by atoms with Gasteiger partial charge < -0.3 is 24.6 Å².